The molecule has 1 heterocycles. The number of methoxy groups -OCH3 is 2. The number of benzene rings is 1. The van der Waals surface area contributed by atoms with Crippen molar-refractivity contribution in [3.8, 4) is 11.5 Å². The van der Waals surface area contributed by atoms with Crippen LogP contribution in [-0.4, -0.2) is 35.4 Å². The maximum atomic E-state index is 5.33. The van der Waals surface area contributed by atoms with Gasteiger partial charge in [0.2, 0.25) is 5.95 Å². The van der Waals surface area contributed by atoms with Crippen LogP contribution < -0.4 is 20.1 Å². The van der Waals surface area contributed by atoms with E-state index < -0.39 is 0 Å². The van der Waals surface area contributed by atoms with E-state index in [1.165, 1.54) is 0 Å². The molecule has 0 saturated carbocycles. The second kappa shape index (κ2) is 6.74. The Balaban J connectivity index is 2.21. The van der Waals surface area contributed by atoms with Crippen LogP contribution >= 0.6 is 0 Å². The van der Waals surface area contributed by atoms with Crippen molar-refractivity contribution in [2.75, 3.05) is 24.9 Å². The van der Waals surface area contributed by atoms with Crippen molar-refractivity contribution < 1.29 is 9.47 Å². The molecule has 2 aromatic rings. The summed E-state index contributed by atoms with van der Waals surface area (Å²) in [4.78, 5) is 4.34. The molecular weight excluding hydrogens is 270 g/mol. The van der Waals surface area contributed by atoms with Gasteiger partial charge in [-0.3, -0.25) is 0 Å². The van der Waals surface area contributed by atoms with Crippen LogP contribution in [0.1, 0.15) is 13.8 Å². The summed E-state index contributed by atoms with van der Waals surface area (Å²) in [6, 6.07) is 5.73. The van der Waals surface area contributed by atoms with E-state index in [1.807, 2.05) is 26.0 Å². The molecule has 0 fully saturated rings. The first-order valence-corrected chi connectivity index (χ1v) is 6.57. The summed E-state index contributed by atoms with van der Waals surface area (Å²) in [5.74, 6) is 2.44. The lowest BCUT2D eigenvalue weighted by molar-refractivity contribution is 0.395. The number of anilines is 3. The molecule has 0 saturated heterocycles. The van der Waals surface area contributed by atoms with E-state index >= 15 is 0 Å². The van der Waals surface area contributed by atoms with Gasteiger partial charge in [-0.25, -0.2) is 0 Å². The van der Waals surface area contributed by atoms with Crippen molar-refractivity contribution in [2.24, 2.45) is 0 Å². The van der Waals surface area contributed by atoms with Crippen LogP contribution in [0.25, 0.3) is 0 Å². The summed E-state index contributed by atoms with van der Waals surface area (Å²) in [6.07, 6.45) is 1.55. The summed E-state index contributed by atoms with van der Waals surface area (Å²) >= 11 is 0. The lowest BCUT2D eigenvalue weighted by Crippen LogP contribution is -2.13. The van der Waals surface area contributed by atoms with E-state index in [9.17, 15) is 0 Å². The number of aromatic nitrogens is 3. The highest BCUT2D eigenvalue weighted by atomic mass is 16.5. The van der Waals surface area contributed by atoms with Gasteiger partial charge < -0.3 is 20.1 Å². The molecule has 0 amide bonds. The summed E-state index contributed by atoms with van der Waals surface area (Å²) in [7, 11) is 3.21. The topological polar surface area (TPSA) is 81.2 Å². The molecule has 0 aliphatic heterocycles. The zero-order chi connectivity index (χ0) is 15.2. The fourth-order valence-corrected chi connectivity index (χ4v) is 1.72. The Morgan fingerprint density at radius 1 is 1.14 bits per heavy atom. The van der Waals surface area contributed by atoms with Gasteiger partial charge in [0.15, 0.2) is 5.82 Å². The van der Waals surface area contributed by atoms with Crippen molar-refractivity contribution in [3.05, 3.63) is 24.4 Å². The number of hydrogen-bond donors (Lipinski definition) is 2. The summed E-state index contributed by atoms with van der Waals surface area (Å²) in [5.41, 5.74) is 0.772. The molecule has 112 valence electrons. The van der Waals surface area contributed by atoms with Gasteiger partial charge in [0.05, 0.1) is 26.1 Å². The quantitative estimate of drug-likeness (QED) is 0.845. The normalized spacial score (nSPS) is 10.3. The van der Waals surface area contributed by atoms with Crippen molar-refractivity contribution in [2.45, 2.75) is 19.9 Å². The highest BCUT2D eigenvalue weighted by Gasteiger charge is 2.07. The number of hydrogen-bond acceptors (Lipinski definition) is 7. The van der Waals surface area contributed by atoms with Gasteiger partial charge in [-0.1, -0.05) is 0 Å². The average Bonchev–Trinajstić information content (AvgIpc) is 2.47. The van der Waals surface area contributed by atoms with Crippen LogP contribution in [0.4, 0.5) is 17.5 Å². The van der Waals surface area contributed by atoms with Gasteiger partial charge in [0, 0.05) is 12.1 Å². The fraction of sp³-hybridized carbons (Fsp3) is 0.357. The highest BCUT2D eigenvalue weighted by Crippen LogP contribution is 2.30. The zero-order valence-electron chi connectivity index (χ0n) is 12.5. The van der Waals surface area contributed by atoms with Crippen LogP contribution in [0, 0.1) is 0 Å². The number of nitrogens with zero attached hydrogens (tertiary/aromatic N) is 3. The Labute approximate surface area is 123 Å². The molecule has 0 aliphatic rings. The van der Waals surface area contributed by atoms with Crippen molar-refractivity contribution in [1.82, 2.24) is 15.2 Å². The van der Waals surface area contributed by atoms with E-state index in [1.54, 1.807) is 26.5 Å². The minimum Gasteiger partial charge on any atom is -0.497 e. The first-order valence-electron chi connectivity index (χ1n) is 6.57. The second-order valence-electron chi connectivity index (χ2n) is 4.66. The Kier molecular flexibility index (Phi) is 4.76. The van der Waals surface area contributed by atoms with Crippen LogP contribution in [0.15, 0.2) is 24.4 Å². The monoisotopic (exact) mass is 289 g/mol. The van der Waals surface area contributed by atoms with Gasteiger partial charge in [0.25, 0.3) is 0 Å². The molecule has 1 aromatic carbocycles. The summed E-state index contributed by atoms with van der Waals surface area (Å²) < 4.78 is 10.5. The molecule has 0 bridgehead atoms. The Morgan fingerprint density at radius 2 is 1.95 bits per heavy atom. The highest BCUT2D eigenvalue weighted by molar-refractivity contribution is 5.65. The summed E-state index contributed by atoms with van der Waals surface area (Å²) in [6.45, 7) is 4.02. The van der Waals surface area contributed by atoms with Crippen molar-refractivity contribution >= 4 is 17.5 Å². The number of rotatable bonds is 6. The van der Waals surface area contributed by atoms with E-state index in [0.717, 1.165) is 11.4 Å². The third-order valence-corrected chi connectivity index (χ3v) is 2.65. The van der Waals surface area contributed by atoms with E-state index in [4.69, 9.17) is 9.47 Å². The van der Waals surface area contributed by atoms with Crippen LogP contribution in [0.5, 0.6) is 11.5 Å². The molecule has 2 rings (SSSR count). The van der Waals surface area contributed by atoms with Gasteiger partial charge >= 0.3 is 0 Å². The number of nitrogens with one attached hydrogen (secondary N) is 2. The minimum absolute atomic E-state index is 0.234. The zero-order valence-corrected chi connectivity index (χ0v) is 12.5. The van der Waals surface area contributed by atoms with Crippen molar-refractivity contribution in [1.29, 1.82) is 0 Å². The minimum atomic E-state index is 0.234. The Morgan fingerprint density at radius 3 is 2.62 bits per heavy atom. The molecule has 1 aromatic heterocycles. The molecule has 21 heavy (non-hydrogen) atoms. The first-order chi connectivity index (χ1) is 10.1. The molecule has 0 atom stereocenters. The third kappa shape index (κ3) is 3.95. The Bertz CT molecular complexity index is 604. The van der Waals surface area contributed by atoms with Gasteiger partial charge in [0.1, 0.15) is 11.5 Å². The SMILES string of the molecule is COc1ccc(Nc2cnnc(NC(C)C)n2)c(OC)c1. The molecule has 2 N–H and O–H groups in total. The van der Waals surface area contributed by atoms with Gasteiger partial charge in [-0.05, 0) is 26.0 Å². The molecular formula is C14H19N5O2. The molecule has 0 radical (unpaired) electrons. The molecule has 7 heteroatoms. The van der Waals surface area contributed by atoms with Crippen LogP contribution in [-0.2, 0) is 0 Å². The molecule has 0 aliphatic carbocycles. The van der Waals surface area contributed by atoms with Gasteiger partial charge in [-0.15, -0.1) is 5.10 Å². The standard InChI is InChI=1S/C14H19N5O2/c1-9(2)16-14-18-13(8-15-19-14)17-11-6-5-10(20-3)7-12(11)21-4/h5-9H,1-4H3,(H2,16,17,18,19). The fourth-order valence-electron chi connectivity index (χ4n) is 1.72. The molecule has 0 spiro atoms. The predicted octanol–water partition coefficient (Wildman–Crippen LogP) is 2.45. The Hall–Kier alpha value is -2.57. The van der Waals surface area contributed by atoms with Crippen LogP contribution in [0.3, 0.4) is 0 Å². The third-order valence-electron chi connectivity index (χ3n) is 2.65. The van der Waals surface area contributed by atoms with E-state index in [0.29, 0.717) is 17.5 Å². The molecule has 0 unspecified atom stereocenters. The molecule has 7 nitrogen and oxygen atoms in total. The predicted molar refractivity (Wildman–Crippen MR) is 81.4 cm³/mol. The first kappa shape index (κ1) is 14.8. The lowest BCUT2D eigenvalue weighted by atomic mass is 10.2. The van der Waals surface area contributed by atoms with E-state index in [2.05, 4.69) is 25.8 Å². The largest absolute Gasteiger partial charge is 0.497 e. The summed E-state index contributed by atoms with van der Waals surface area (Å²) in [5, 5.41) is 14.1. The van der Waals surface area contributed by atoms with Crippen LogP contribution in [0.2, 0.25) is 0 Å². The number of ether oxygens (including phenoxy) is 2. The lowest BCUT2D eigenvalue weighted by Gasteiger charge is -2.12. The van der Waals surface area contributed by atoms with Crippen molar-refractivity contribution in [3.63, 3.8) is 0 Å². The second-order valence-corrected chi connectivity index (χ2v) is 4.66. The maximum Gasteiger partial charge on any atom is 0.244 e. The maximum absolute atomic E-state index is 5.33. The average molecular weight is 289 g/mol. The van der Waals surface area contributed by atoms with E-state index in [-0.39, 0.29) is 6.04 Å². The smallest absolute Gasteiger partial charge is 0.244 e. The van der Waals surface area contributed by atoms with Gasteiger partial charge in [-0.2, -0.15) is 10.1 Å².